The summed E-state index contributed by atoms with van der Waals surface area (Å²) in [5, 5.41) is 11.6. The van der Waals surface area contributed by atoms with Crippen molar-refractivity contribution in [1.29, 1.82) is 0 Å². The summed E-state index contributed by atoms with van der Waals surface area (Å²) in [6.45, 7) is 4.24. The number of amides is 1. The third-order valence-corrected chi connectivity index (χ3v) is 3.14. The summed E-state index contributed by atoms with van der Waals surface area (Å²) in [6, 6.07) is 7.13. The number of aromatic nitrogens is 2. The Morgan fingerprint density at radius 1 is 1.22 bits per heavy atom. The first-order valence-corrected chi connectivity index (χ1v) is 7.10. The van der Waals surface area contributed by atoms with Gasteiger partial charge in [-0.2, -0.15) is 0 Å². The van der Waals surface area contributed by atoms with Crippen LogP contribution in [0.25, 0.3) is 0 Å². The number of hydrogen-bond acceptors (Lipinski definition) is 5. The van der Waals surface area contributed by atoms with E-state index in [1.807, 2.05) is 38.1 Å². The highest BCUT2D eigenvalue weighted by atomic mass is 16.5. The molecule has 1 heterocycles. The first kappa shape index (κ1) is 16.4. The minimum Gasteiger partial charge on any atom is -0.494 e. The molecule has 2 rings (SSSR count). The van der Waals surface area contributed by atoms with Crippen LogP contribution in [0.4, 0.5) is 0 Å². The highest BCUT2D eigenvalue weighted by molar-refractivity contribution is 5.93. The van der Waals surface area contributed by atoms with Gasteiger partial charge >= 0.3 is 5.97 Å². The quantitative estimate of drug-likeness (QED) is 0.846. The SMILES string of the molecule is CCOc1ccccc1C(C)NC(=O)c1cnc(C(=O)O)cn1. The van der Waals surface area contributed by atoms with Gasteiger partial charge in [0.1, 0.15) is 11.4 Å². The Morgan fingerprint density at radius 3 is 2.48 bits per heavy atom. The number of nitrogens with zero attached hydrogens (tertiary/aromatic N) is 2. The first-order valence-electron chi connectivity index (χ1n) is 7.10. The Balaban J connectivity index is 2.12. The predicted octanol–water partition coefficient (Wildman–Crippen LogP) is 2.06. The molecule has 2 aromatic rings. The summed E-state index contributed by atoms with van der Waals surface area (Å²) in [5.41, 5.74) is 0.685. The molecule has 0 aliphatic carbocycles. The zero-order valence-electron chi connectivity index (χ0n) is 12.8. The molecule has 2 N–H and O–H groups in total. The highest BCUT2D eigenvalue weighted by Crippen LogP contribution is 2.24. The molecule has 1 aromatic carbocycles. The van der Waals surface area contributed by atoms with E-state index in [4.69, 9.17) is 9.84 Å². The lowest BCUT2D eigenvalue weighted by Crippen LogP contribution is -2.28. The lowest BCUT2D eigenvalue weighted by atomic mass is 10.1. The third-order valence-electron chi connectivity index (χ3n) is 3.14. The average molecular weight is 315 g/mol. The zero-order chi connectivity index (χ0) is 16.8. The molecule has 0 bridgehead atoms. The Bertz CT molecular complexity index is 701. The Kier molecular flexibility index (Phi) is 5.24. The molecule has 0 aliphatic rings. The molecule has 1 atom stereocenters. The largest absolute Gasteiger partial charge is 0.494 e. The van der Waals surface area contributed by atoms with Gasteiger partial charge < -0.3 is 15.2 Å². The third kappa shape index (κ3) is 4.03. The van der Waals surface area contributed by atoms with E-state index in [-0.39, 0.29) is 17.4 Å². The van der Waals surface area contributed by atoms with Crippen LogP contribution in [0, 0.1) is 0 Å². The van der Waals surface area contributed by atoms with E-state index < -0.39 is 11.9 Å². The van der Waals surface area contributed by atoms with Gasteiger partial charge in [-0.3, -0.25) is 4.79 Å². The summed E-state index contributed by atoms with van der Waals surface area (Å²) >= 11 is 0. The molecular weight excluding hydrogens is 298 g/mol. The van der Waals surface area contributed by atoms with Crippen molar-refractivity contribution in [2.75, 3.05) is 6.61 Å². The van der Waals surface area contributed by atoms with E-state index in [9.17, 15) is 9.59 Å². The van der Waals surface area contributed by atoms with E-state index in [0.717, 1.165) is 18.0 Å². The number of carboxylic acid groups (broad SMARTS) is 1. The van der Waals surface area contributed by atoms with Crippen molar-refractivity contribution in [2.24, 2.45) is 0 Å². The number of carboxylic acids is 1. The van der Waals surface area contributed by atoms with Crippen LogP contribution in [-0.2, 0) is 0 Å². The normalized spacial score (nSPS) is 11.6. The van der Waals surface area contributed by atoms with E-state index in [1.54, 1.807) is 0 Å². The van der Waals surface area contributed by atoms with Gasteiger partial charge in [-0.15, -0.1) is 0 Å². The summed E-state index contributed by atoms with van der Waals surface area (Å²) in [6.07, 6.45) is 2.19. The zero-order valence-corrected chi connectivity index (χ0v) is 12.8. The van der Waals surface area contributed by atoms with Crippen LogP contribution in [0.3, 0.4) is 0 Å². The smallest absolute Gasteiger partial charge is 0.356 e. The van der Waals surface area contributed by atoms with Crippen molar-refractivity contribution in [2.45, 2.75) is 19.9 Å². The Hall–Kier alpha value is -2.96. The molecule has 0 spiro atoms. The Morgan fingerprint density at radius 2 is 1.87 bits per heavy atom. The minimum absolute atomic E-state index is 0.0516. The maximum absolute atomic E-state index is 12.2. The second kappa shape index (κ2) is 7.35. The lowest BCUT2D eigenvalue weighted by Gasteiger charge is -2.17. The second-order valence-corrected chi connectivity index (χ2v) is 4.76. The van der Waals surface area contributed by atoms with Crippen molar-refractivity contribution in [3.8, 4) is 5.75 Å². The van der Waals surface area contributed by atoms with Gasteiger partial charge in [0.25, 0.3) is 5.91 Å². The van der Waals surface area contributed by atoms with Gasteiger partial charge in [0.05, 0.1) is 25.0 Å². The molecule has 0 fully saturated rings. The lowest BCUT2D eigenvalue weighted by molar-refractivity contribution is 0.0689. The van der Waals surface area contributed by atoms with Crippen LogP contribution in [0.2, 0.25) is 0 Å². The molecule has 1 unspecified atom stereocenters. The molecule has 23 heavy (non-hydrogen) atoms. The molecule has 7 heteroatoms. The highest BCUT2D eigenvalue weighted by Gasteiger charge is 2.16. The van der Waals surface area contributed by atoms with Gasteiger partial charge in [0.15, 0.2) is 5.69 Å². The fourth-order valence-electron chi connectivity index (χ4n) is 2.03. The van der Waals surface area contributed by atoms with Crippen molar-refractivity contribution in [3.05, 3.63) is 53.6 Å². The van der Waals surface area contributed by atoms with E-state index in [2.05, 4.69) is 15.3 Å². The molecule has 1 amide bonds. The number of rotatable bonds is 6. The summed E-state index contributed by atoms with van der Waals surface area (Å²) < 4.78 is 5.54. The number of aromatic carboxylic acids is 1. The second-order valence-electron chi connectivity index (χ2n) is 4.76. The van der Waals surface area contributed by atoms with Crippen molar-refractivity contribution >= 4 is 11.9 Å². The van der Waals surface area contributed by atoms with E-state index >= 15 is 0 Å². The van der Waals surface area contributed by atoms with E-state index in [0.29, 0.717) is 12.4 Å². The minimum atomic E-state index is -1.19. The standard InChI is InChI=1S/C16H17N3O4/c1-3-23-14-7-5-4-6-11(14)10(2)19-15(20)12-8-18-13(9-17-12)16(21)22/h4-10H,3H2,1-2H3,(H,19,20)(H,21,22). The molecule has 0 saturated heterocycles. The van der Waals surface area contributed by atoms with Crippen LogP contribution in [0.5, 0.6) is 5.75 Å². The summed E-state index contributed by atoms with van der Waals surface area (Å²) in [4.78, 5) is 30.4. The number of ether oxygens (including phenoxy) is 1. The number of nitrogens with one attached hydrogen (secondary N) is 1. The number of para-hydroxylation sites is 1. The fraction of sp³-hybridized carbons (Fsp3) is 0.250. The number of carbonyl (C=O) groups excluding carboxylic acids is 1. The topological polar surface area (TPSA) is 101 Å². The maximum atomic E-state index is 12.2. The van der Waals surface area contributed by atoms with Crippen LogP contribution in [0.1, 0.15) is 46.4 Å². The molecule has 0 saturated carbocycles. The first-order chi connectivity index (χ1) is 11.0. The maximum Gasteiger partial charge on any atom is 0.356 e. The summed E-state index contributed by atoms with van der Waals surface area (Å²) in [5.74, 6) is -0.924. The van der Waals surface area contributed by atoms with Crippen LogP contribution in [0.15, 0.2) is 36.7 Å². The van der Waals surface area contributed by atoms with Crippen LogP contribution >= 0.6 is 0 Å². The fourth-order valence-corrected chi connectivity index (χ4v) is 2.03. The van der Waals surface area contributed by atoms with Gasteiger partial charge in [-0.05, 0) is 19.9 Å². The number of benzene rings is 1. The van der Waals surface area contributed by atoms with Gasteiger partial charge in [-0.25, -0.2) is 14.8 Å². The van der Waals surface area contributed by atoms with Crippen molar-refractivity contribution in [3.63, 3.8) is 0 Å². The molecule has 7 nitrogen and oxygen atoms in total. The van der Waals surface area contributed by atoms with Gasteiger partial charge in [0, 0.05) is 5.56 Å². The monoisotopic (exact) mass is 315 g/mol. The average Bonchev–Trinajstić information content (AvgIpc) is 2.55. The van der Waals surface area contributed by atoms with Crippen molar-refractivity contribution in [1.82, 2.24) is 15.3 Å². The van der Waals surface area contributed by atoms with Crippen LogP contribution < -0.4 is 10.1 Å². The summed E-state index contributed by atoms with van der Waals surface area (Å²) in [7, 11) is 0. The number of carbonyl (C=O) groups is 2. The van der Waals surface area contributed by atoms with E-state index in [1.165, 1.54) is 0 Å². The predicted molar refractivity (Wildman–Crippen MR) is 82.5 cm³/mol. The molecule has 120 valence electrons. The molecular formula is C16H17N3O4. The van der Waals surface area contributed by atoms with Crippen molar-refractivity contribution < 1.29 is 19.4 Å². The van der Waals surface area contributed by atoms with Gasteiger partial charge in [0.2, 0.25) is 0 Å². The van der Waals surface area contributed by atoms with Crippen LogP contribution in [-0.4, -0.2) is 33.6 Å². The number of hydrogen-bond donors (Lipinski definition) is 2. The van der Waals surface area contributed by atoms with Gasteiger partial charge in [-0.1, -0.05) is 18.2 Å². The Labute approximate surface area is 133 Å². The molecule has 0 aliphatic heterocycles. The molecule has 1 aromatic heterocycles. The molecule has 0 radical (unpaired) electrons.